The Balaban J connectivity index is 1.52. The van der Waals surface area contributed by atoms with Crippen LogP contribution >= 0.6 is 11.6 Å². The molecule has 2 atom stereocenters. The number of halogens is 1. The maximum Gasteiger partial charge on any atom is 0.306 e. The molecule has 33 heavy (non-hydrogen) atoms. The molecule has 7 nitrogen and oxygen atoms in total. The van der Waals surface area contributed by atoms with Gasteiger partial charge < -0.3 is 19.7 Å². The molecule has 1 heterocycles. The Morgan fingerprint density at radius 3 is 2.76 bits per heavy atom. The minimum absolute atomic E-state index is 0.0299. The number of carboxylic acids is 1. The van der Waals surface area contributed by atoms with E-state index >= 15 is 0 Å². The van der Waals surface area contributed by atoms with Gasteiger partial charge in [0, 0.05) is 22.9 Å². The minimum atomic E-state index is -0.709. The summed E-state index contributed by atoms with van der Waals surface area (Å²) in [5.74, 6) is 0.549. The summed E-state index contributed by atoms with van der Waals surface area (Å²) in [5.41, 5.74) is 3.67. The molecule has 0 amide bonds. The number of ether oxygens (including phenoxy) is 1. The topological polar surface area (TPSA) is 97.5 Å². The second kappa shape index (κ2) is 9.83. The lowest BCUT2D eigenvalue weighted by Gasteiger charge is -2.15. The zero-order chi connectivity index (χ0) is 23.5. The van der Waals surface area contributed by atoms with E-state index in [1.807, 2.05) is 38.1 Å². The fourth-order valence-electron chi connectivity index (χ4n) is 4.20. The third-order valence-corrected chi connectivity index (χ3v) is 6.14. The van der Waals surface area contributed by atoms with Gasteiger partial charge in [-0.1, -0.05) is 23.7 Å². The van der Waals surface area contributed by atoms with E-state index in [1.54, 1.807) is 6.07 Å². The Kier molecular flexibility index (Phi) is 6.88. The Morgan fingerprint density at radius 1 is 1.27 bits per heavy atom. The van der Waals surface area contributed by atoms with Crippen LogP contribution in [-0.2, 0) is 11.2 Å². The van der Waals surface area contributed by atoms with E-state index in [2.05, 4.69) is 28.4 Å². The number of aromatic nitrogens is 2. The number of nitrogens with zero attached hydrogens (tertiary/aromatic N) is 2. The predicted octanol–water partition coefficient (Wildman–Crippen LogP) is 6.07. The largest absolute Gasteiger partial charge is 0.489 e. The zero-order valence-corrected chi connectivity index (χ0v) is 19.7. The molecule has 0 bridgehead atoms. The summed E-state index contributed by atoms with van der Waals surface area (Å²) in [7, 11) is 0. The predicted molar refractivity (Wildman–Crippen MR) is 128 cm³/mol. The molecule has 1 fully saturated rings. The Bertz CT molecular complexity index is 1140. The molecule has 1 aliphatic carbocycles. The fraction of sp³-hybridized carbons (Fsp3) is 0.400. The van der Waals surface area contributed by atoms with Crippen molar-refractivity contribution in [2.24, 2.45) is 5.92 Å². The number of hydrogen-bond donors (Lipinski definition) is 2. The standard InChI is InChI=1S/C25H28ClN3O4/c1-4-15-11-19(27-18-7-5-17(12-18)25(30)31)8-9-20(15)24-28-23(29-33-24)16-6-10-22(21(26)13-16)32-14(2)3/h6,8-11,13-14,17-18,27H,4-5,7,12H2,1-3H3,(H,30,31)/t17-,18+/m1/s1. The number of hydrogen-bond acceptors (Lipinski definition) is 6. The first-order chi connectivity index (χ1) is 15.8. The number of anilines is 1. The number of carbonyl (C=O) groups is 1. The third-order valence-electron chi connectivity index (χ3n) is 5.85. The second-order valence-corrected chi connectivity index (χ2v) is 9.06. The second-order valence-electron chi connectivity index (χ2n) is 8.65. The summed E-state index contributed by atoms with van der Waals surface area (Å²) in [6.45, 7) is 5.97. The van der Waals surface area contributed by atoms with Crippen LogP contribution in [0.15, 0.2) is 40.9 Å². The Labute approximate surface area is 198 Å². The Hall–Kier alpha value is -3.06. The van der Waals surface area contributed by atoms with Gasteiger partial charge in [0.2, 0.25) is 5.82 Å². The molecule has 0 spiro atoms. The monoisotopic (exact) mass is 469 g/mol. The first-order valence-corrected chi connectivity index (χ1v) is 11.6. The van der Waals surface area contributed by atoms with Gasteiger partial charge in [0.1, 0.15) is 5.75 Å². The van der Waals surface area contributed by atoms with Crippen LogP contribution in [0.25, 0.3) is 22.8 Å². The van der Waals surface area contributed by atoms with Crippen molar-refractivity contribution in [3.63, 3.8) is 0 Å². The minimum Gasteiger partial charge on any atom is -0.489 e. The lowest BCUT2D eigenvalue weighted by atomic mass is 10.0. The first kappa shape index (κ1) is 23.1. The van der Waals surface area contributed by atoms with Gasteiger partial charge in [-0.25, -0.2) is 0 Å². The highest BCUT2D eigenvalue weighted by Crippen LogP contribution is 2.33. The molecule has 0 saturated heterocycles. The van der Waals surface area contributed by atoms with Crippen molar-refractivity contribution in [2.45, 2.75) is 58.6 Å². The van der Waals surface area contributed by atoms with Crippen LogP contribution in [0.2, 0.25) is 5.02 Å². The van der Waals surface area contributed by atoms with E-state index in [1.165, 1.54) is 0 Å². The van der Waals surface area contributed by atoms with Gasteiger partial charge >= 0.3 is 5.97 Å². The fourth-order valence-corrected chi connectivity index (χ4v) is 4.42. The molecular weight excluding hydrogens is 442 g/mol. The highest BCUT2D eigenvalue weighted by molar-refractivity contribution is 6.32. The van der Waals surface area contributed by atoms with Crippen LogP contribution in [0.4, 0.5) is 5.69 Å². The molecule has 1 saturated carbocycles. The summed E-state index contributed by atoms with van der Waals surface area (Å²) in [5, 5.41) is 17.3. The SMILES string of the molecule is CCc1cc(N[C@H]2CC[C@@H](C(=O)O)C2)ccc1-c1nc(-c2ccc(OC(C)C)c(Cl)c2)no1. The molecule has 3 aromatic rings. The third kappa shape index (κ3) is 5.30. The first-order valence-electron chi connectivity index (χ1n) is 11.3. The van der Waals surface area contributed by atoms with E-state index < -0.39 is 5.97 Å². The van der Waals surface area contributed by atoms with Crippen molar-refractivity contribution in [3.8, 4) is 28.6 Å². The number of carboxylic acid groups (broad SMARTS) is 1. The number of rotatable bonds is 8. The zero-order valence-electron chi connectivity index (χ0n) is 19.0. The van der Waals surface area contributed by atoms with Crippen LogP contribution in [0.3, 0.4) is 0 Å². The summed E-state index contributed by atoms with van der Waals surface area (Å²) < 4.78 is 11.3. The van der Waals surface area contributed by atoms with Gasteiger partial charge in [0.25, 0.3) is 5.89 Å². The van der Waals surface area contributed by atoms with Gasteiger partial charge in [-0.2, -0.15) is 4.98 Å². The van der Waals surface area contributed by atoms with Gasteiger partial charge in [-0.15, -0.1) is 0 Å². The van der Waals surface area contributed by atoms with E-state index in [9.17, 15) is 9.90 Å². The number of aliphatic carboxylic acids is 1. The van der Waals surface area contributed by atoms with E-state index in [0.29, 0.717) is 35.3 Å². The number of nitrogens with one attached hydrogen (secondary N) is 1. The smallest absolute Gasteiger partial charge is 0.306 e. The summed E-state index contributed by atoms with van der Waals surface area (Å²) in [6.07, 6.45) is 3.04. The van der Waals surface area contributed by atoms with Crippen molar-refractivity contribution in [3.05, 3.63) is 47.0 Å². The van der Waals surface area contributed by atoms with E-state index in [-0.39, 0.29) is 18.1 Å². The molecular formula is C25H28ClN3O4. The van der Waals surface area contributed by atoms with E-state index in [0.717, 1.165) is 35.2 Å². The molecule has 8 heteroatoms. The highest BCUT2D eigenvalue weighted by atomic mass is 35.5. The molecule has 1 aliphatic rings. The lowest BCUT2D eigenvalue weighted by Crippen LogP contribution is -2.18. The highest BCUT2D eigenvalue weighted by Gasteiger charge is 2.29. The van der Waals surface area contributed by atoms with E-state index in [4.69, 9.17) is 20.9 Å². The Morgan fingerprint density at radius 2 is 2.09 bits per heavy atom. The van der Waals surface area contributed by atoms with Crippen LogP contribution < -0.4 is 10.1 Å². The van der Waals surface area contributed by atoms with Gasteiger partial charge in [-0.3, -0.25) is 4.79 Å². The van der Waals surface area contributed by atoms with Crippen molar-refractivity contribution in [2.75, 3.05) is 5.32 Å². The summed E-state index contributed by atoms with van der Waals surface area (Å²) in [6, 6.07) is 11.6. The maximum absolute atomic E-state index is 11.2. The lowest BCUT2D eigenvalue weighted by molar-refractivity contribution is -0.141. The van der Waals surface area contributed by atoms with Gasteiger partial charge in [0.15, 0.2) is 0 Å². The molecule has 1 aromatic heterocycles. The normalized spacial score (nSPS) is 18.0. The van der Waals surface area contributed by atoms with Gasteiger partial charge in [0.05, 0.1) is 17.0 Å². The van der Waals surface area contributed by atoms with Crippen LogP contribution in [0.1, 0.15) is 45.6 Å². The summed E-state index contributed by atoms with van der Waals surface area (Å²) in [4.78, 5) is 15.8. The molecule has 2 N–H and O–H groups in total. The molecule has 0 aliphatic heterocycles. The molecule has 2 aromatic carbocycles. The van der Waals surface area contributed by atoms with Crippen molar-refractivity contribution >= 4 is 23.3 Å². The van der Waals surface area contributed by atoms with Gasteiger partial charge in [-0.05, 0) is 81.5 Å². The van der Waals surface area contributed by atoms with Crippen molar-refractivity contribution < 1.29 is 19.2 Å². The molecule has 0 radical (unpaired) electrons. The average molecular weight is 470 g/mol. The maximum atomic E-state index is 11.2. The number of aryl methyl sites for hydroxylation is 1. The summed E-state index contributed by atoms with van der Waals surface area (Å²) >= 11 is 6.36. The quantitative estimate of drug-likeness (QED) is 0.413. The van der Waals surface area contributed by atoms with Crippen molar-refractivity contribution in [1.82, 2.24) is 10.1 Å². The average Bonchev–Trinajstić information content (AvgIpc) is 3.45. The molecule has 0 unspecified atom stereocenters. The van der Waals surface area contributed by atoms with Crippen LogP contribution in [-0.4, -0.2) is 33.4 Å². The molecule has 4 rings (SSSR count). The van der Waals surface area contributed by atoms with Crippen LogP contribution in [0.5, 0.6) is 5.75 Å². The number of benzene rings is 2. The molecule has 174 valence electrons. The van der Waals surface area contributed by atoms with Crippen LogP contribution in [0, 0.1) is 5.92 Å². The van der Waals surface area contributed by atoms with Crippen molar-refractivity contribution in [1.29, 1.82) is 0 Å².